The summed E-state index contributed by atoms with van der Waals surface area (Å²) in [5, 5.41) is 9.04. The largest absolute Gasteiger partial charge is 0.477 e. The van der Waals surface area contributed by atoms with Crippen LogP contribution in [0.1, 0.15) is 22.2 Å². The Kier molecular flexibility index (Phi) is 3.53. The number of halogens is 2. The van der Waals surface area contributed by atoms with Crippen LogP contribution < -0.4 is 5.73 Å². The van der Waals surface area contributed by atoms with E-state index >= 15 is 0 Å². The van der Waals surface area contributed by atoms with Crippen molar-refractivity contribution >= 4 is 23.0 Å². The molecule has 0 atom stereocenters. The second-order valence-corrected chi connectivity index (χ2v) is 4.99. The first-order valence-corrected chi connectivity index (χ1v) is 6.36. The van der Waals surface area contributed by atoms with E-state index < -0.39 is 17.6 Å². The Bertz CT molecular complexity index is 632. The van der Waals surface area contributed by atoms with Crippen molar-refractivity contribution in [3.8, 4) is 10.4 Å². The van der Waals surface area contributed by atoms with Gasteiger partial charge in [-0.15, -0.1) is 11.3 Å². The Labute approximate surface area is 112 Å². The average molecular weight is 283 g/mol. The monoisotopic (exact) mass is 283 g/mol. The number of hydrogen-bond donors (Lipinski definition) is 2. The third-order valence-corrected chi connectivity index (χ3v) is 4.01. The molecule has 0 amide bonds. The van der Waals surface area contributed by atoms with Gasteiger partial charge in [-0.3, -0.25) is 0 Å². The van der Waals surface area contributed by atoms with Crippen LogP contribution in [0.15, 0.2) is 18.2 Å². The summed E-state index contributed by atoms with van der Waals surface area (Å²) >= 11 is 0.931. The molecule has 0 aliphatic heterocycles. The molecule has 3 N–H and O–H groups in total. The molecular weight excluding hydrogens is 272 g/mol. The number of nitrogens with two attached hydrogens (primary N) is 1. The zero-order chi connectivity index (χ0) is 14.2. The number of carboxylic acid groups (broad SMARTS) is 1. The molecule has 6 heteroatoms. The Balaban J connectivity index is 2.67. The normalized spacial score (nSPS) is 10.7. The number of anilines is 1. The standard InChI is InChI=1S/C13H11F2NO2S/c1-2-9-10(16)12(13(17)18)19-11(9)6-3-7(14)5-8(15)4-6/h3-5H,2,16H2,1H3,(H,17,18). The van der Waals surface area contributed by atoms with Gasteiger partial charge in [0.15, 0.2) is 0 Å². The molecule has 19 heavy (non-hydrogen) atoms. The Hall–Kier alpha value is -1.95. The predicted octanol–water partition coefficient (Wildman–Crippen LogP) is 3.54. The van der Waals surface area contributed by atoms with E-state index in [4.69, 9.17) is 10.8 Å². The second kappa shape index (κ2) is 4.97. The van der Waals surface area contributed by atoms with Crippen molar-refractivity contribution in [3.63, 3.8) is 0 Å². The van der Waals surface area contributed by atoms with Crippen LogP contribution in [0.3, 0.4) is 0 Å². The summed E-state index contributed by atoms with van der Waals surface area (Å²) in [6.07, 6.45) is 0.489. The minimum atomic E-state index is -1.14. The van der Waals surface area contributed by atoms with Crippen molar-refractivity contribution in [2.75, 3.05) is 5.73 Å². The highest BCUT2D eigenvalue weighted by molar-refractivity contribution is 7.18. The van der Waals surface area contributed by atoms with Gasteiger partial charge in [0.05, 0.1) is 5.69 Å². The SMILES string of the molecule is CCc1c(-c2cc(F)cc(F)c2)sc(C(=O)O)c1N. The lowest BCUT2D eigenvalue weighted by Gasteiger charge is -2.03. The van der Waals surface area contributed by atoms with Crippen LogP contribution in [-0.2, 0) is 6.42 Å². The quantitative estimate of drug-likeness (QED) is 0.905. The van der Waals surface area contributed by atoms with Gasteiger partial charge in [-0.25, -0.2) is 13.6 Å². The molecular formula is C13H11F2NO2S. The number of hydrogen-bond acceptors (Lipinski definition) is 3. The lowest BCUT2D eigenvalue weighted by Crippen LogP contribution is -1.99. The molecule has 2 rings (SSSR count). The van der Waals surface area contributed by atoms with E-state index in [1.807, 2.05) is 6.92 Å². The lowest BCUT2D eigenvalue weighted by atomic mass is 10.1. The van der Waals surface area contributed by atoms with Gasteiger partial charge in [0, 0.05) is 10.9 Å². The maximum absolute atomic E-state index is 13.2. The predicted molar refractivity (Wildman–Crippen MR) is 70.4 cm³/mol. The molecule has 1 heterocycles. The summed E-state index contributed by atoms with van der Waals surface area (Å²) < 4.78 is 26.5. The molecule has 0 fully saturated rings. The second-order valence-electron chi connectivity index (χ2n) is 3.97. The van der Waals surface area contributed by atoms with Gasteiger partial charge in [-0.1, -0.05) is 6.92 Å². The zero-order valence-electron chi connectivity index (χ0n) is 10.0. The first kappa shape index (κ1) is 13.5. The average Bonchev–Trinajstić information content (AvgIpc) is 2.65. The van der Waals surface area contributed by atoms with E-state index in [0.29, 0.717) is 22.4 Å². The van der Waals surface area contributed by atoms with E-state index in [1.54, 1.807) is 0 Å². The fourth-order valence-electron chi connectivity index (χ4n) is 1.91. The minimum Gasteiger partial charge on any atom is -0.477 e. The molecule has 0 aliphatic rings. The molecule has 1 aromatic carbocycles. The van der Waals surface area contributed by atoms with Crippen LogP contribution in [-0.4, -0.2) is 11.1 Å². The number of carbonyl (C=O) groups is 1. The number of benzene rings is 1. The first-order chi connectivity index (χ1) is 8.93. The highest BCUT2D eigenvalue weighted by atomic mass is 32.1. The van der Waals surface area contributed by atoms with Gasteiger partial charge < -0.3 is 10.8 Å². The van der Waals surface area contributed by atoms with Crippen molar-refractivity contribution in [1.82, 2.24) is 0 Å². The van der Waals surface area contributed by atoms with Crippen molar-refractivity contribution in [2.24, 2.45) is 0 Å². The Morgan fingerprint density at radius 3 is 2.37 bits per heavy atom. The molecule has 3 nitrogen and oxygen atoms in total. The first-order valence-electron chi connectivity index (χ1n) is 5.55. The number of nitrogen functional groups attached to an aromatic ring is 1. The molecule has 0 bridgehead atoms. The number of thiophene rings is 1. The summed E-state index contributed by atoms with van der Waals surface area (Å²) in [5.74, 6) is -2.55. The maximum atomic E-state index is 13.2. The highest BCUT2D eigenvalue weighted by Gasteiger charge is 2.20. The van der Waals surface area contributed by atoms with Gasteiger partial charge in [0.25, 0.3) is 0 Å². The maximum Gasteiger partial charge on any atom is 0.348 e. The summed E-state index contributed by atoms with van der Waals surface area (Å²) in [5.41, 5.74) is 6.85. The van der Waals surface area contributed by atoms with Gasteiger partial charge in [-0.2, -0.15) is 0 Å². The van der Waals surface area contributed by atoms with E-state index in [0.717, 1.165) is 17.4 Å². The van der Waals surface area contributed by atoms with Gasteiger partial charge in [0.2, 0.25) is 0 Å². The van der Waals surface area contributed by atoms with E-state index in [9.17, 15) is 13.6 Å². The third-order valence-electron chi connectivity index (χ3n) is 2.72. The Morgan fingerprint density at radius 1 is 1.32 bits per heavy atom. The van der Waals surface area contributed by atoms with Crippen molar-refractivity contribution in [3.05, 3.63) is 40.3 Å². The van der Waals surface area contributed by atoms with E-state index in [-0.39, 0.29) is 10.6 Å². The van der Waals surface area contributed by atoms with Crippen LogP contribution in [0, 0.1) is 11.6 Å². The van der Waals surface area contributed by atoms with Gasteiger partial charge in [0.1, 0.15) is 16.5 Å². The smallest absolute Gasteiger partial charge is 0.348 e. The lowest BCUT2D eigenvalue weighted by molar-refractivity contribution is 0.0703. The van der Waals surface area contributed by atoms with Crippen LogP contribution in [0.2, 0.25) is 0 Å². The van der Waals surface area contributed by atoms with Crippen LogP contribution in [0.25, 0.3) is 10.4 Å². The summed E-state index contributed by atoms with van der Waals surface area (Å²) in [6.45, 7) is 1.81. The Morgan fingerprint density at radius 2 is 1.89 bits per heavy atom. The fraction of sp³-hybridized carbons (Fsp3) is 0.154. The number of rotatable bonds is 3. The summed E-state index contributed by atoms with van der Waals surface area (Å²) in [6, 6.07) is 3.10. The molecule has 0 radical (unpaired) electrons. The topological polar surface area (TPSA) is 63.3 Å². The van der Waals surface area contributed by atoms with Crippen molar-refractivity contribution < 1.29 is 18.7 Å². The summed E-state index contributed by atoms with van der Waals surface area (Å²) in [7, 11) is 0. The molecule has 100 valence electrons. The summed E-state index contributed by atoms with van der Waals surface area (Å²) in [4.78, 5) is 11.5. The van der Waals surface area contributed by atoms with Crippen LogP contribution in [0.5, 0.6) is 0 Å². The van der Waals surface area contributed by atoms with Gasteiger partial charge in [-0.05, 0) is 29.7 Å². The van der Waals surface area contributed by atoms with Gasteiger partial charge >= 0.3 is 5.97 Å². The zero-order valence-corrected chi connectivity index (χ0v) is 10.9. The van der Waals surface area contributed by atoms with Crippen molar-refractivity contribution in [2.45, 2.75) is 13.3 Å². The molecule has 0 spiro atoms. The molecule has 2 aromatic rings. The molecule has 0 unspecified atom stereocenters. The third kappa shape index (κ3) is 2.44. The molecule has 0 aliphatic carbocycles. The van der Waals surface area contributed by atoms with E-state index in [2.05, 4.69) is 0 Å². The number of aromatic carboxylic acids is 1. The van der Waals surface area contributed by atoms with E-state index in [1.165, 1.54) is 12.1 Å². The minimum absolute atomic E-state index is 0.00322. The number of carboxylic acids is 1. The van der Waals surface area contributed by atoms with Crippen LogP contribution >= 0.6 is 11.3 Å². The fourth-order valence-corrected chi connectivity index (χ4v) is 3.04. The molecule has 0 saturated heterocycles. The van der Waals surface area contributed by atoms with Crippen LogP contribution in [0.4, 0.5) is 14.5 Å². The molecule has 1 aromatic heterocycles. The highest BCUT2D eigenvalue weighted by Crippen LogP contribution is 2.39. The molecule has 0 saturated carbocycles. The van der Waals surface area contributed by atoms with Crippen molar-refractivity contribution in [1.29, 1.82) is 0 Å².